The van der Waals surface area contributed by atoms with Crippen LogP contribution in [-0.4, -0.2) is 23.3 Å². The van der Waals surface area contributed by atoms with Gasteiger partial charge in [-0.2, -0.15) is 0 Å². The highest BCUT2D eigenvalue weighted by molar-refractivity contribution is 4.96. The Bertz CT molecular complexity index is 251. The third-order valence-electron chi connectivity index (χ3n) is 4.76. The van der Waals surface area contributed by atoms with Crippen LogP contribution in [0.5, 0.6) is 0 Å². The van der Waals surface area contributed by atoms with E-state index >= 15 is 0 Å². The van der Waals surface area contributed by atoms with Crippen molar-refractivity contribution in [2.75, 3.05) is 6.54 Å². The molecular weight excluding hydrogens is 234 g/mol. The standard InChI is InChI=1S/C17H33NO/c1-13(5-4-11-17(2,3)19)10-12-18-16(14-6-7-14)15-8-9-15/h13-16,18-19H,4-12H2,1-3H3. The fourth-order valence-electron chi connectivity index (χ4n) is 3.15. The summed E-state index contributed by atoms with van der Waals surface area (Å²) in [4.78, 5) is 0. The molecule has 0 aliphatic heterocycles. The molecule has 19 heavy (non-hydrogen) atoms. The Morgan fingerprint density at radius 1 is 1.11 bits per heavy atom. The van der Waals surface area contributed by atoms with E-state index in [1.807, 2.05) is 13.8 Å². The molecule has 1 unspecified atom stereocenters. The molecule has 1 atom stereocenters. The Balaban J connectivity index is 1.52. The van der Waals surface area contributed by atoms with Gasteiger partial charge in [0, 0.05) is 6.04 Å². The Morgan fingerprint density at radius 3 is 2.16 bits per heavy atom. The van der Waals surface area contributed by atoms with Gasteiger partial charge in [0.25, 0.3) is 0 Å². The van der Waals surface area contributed by atoms with Gasteiger partial charge in [-0.1, -0.05) is 19.8 Å². The van der Waals surface area contributed by atoms with E-state index in [1.165, 1.54) is 45.1 Å². The number of hydrogen-bond acceptors (Lipinski definition) is 2. The molecule has 2 N–H and O–H groups in total. The van der Waals surface area contributed by atoms with Crippen molar-refractivity contribution in [3.05, 3.63) is 0 Å². The van der Waals surface area contributed by atoms with Crippen LogP contribution in [0.1, 0.15) is 72.1 Å². The van der Waals surface area contributed by atoms with E-state index in [0.29, 0.717) is 0 Å². The predicted molar refractivity (Wildman–Crippen MR) is 81.2 cm³/mol. The van der Waals surface area contributed by atoms with Gasteiger partial charge in [-0.25, -0.2) is 0 Å². The van der Waals surface area contributed by atoms with E-state index in [2.05, 4.69) is 12.2 Å². The summed E-state index contributed by atoms with van der Waals surface area (Å²) in [6, 6.07) is 0.851. The highest BCUT2D eigenvalue weighted by Gasteiger charge is 2.40. The van der Waals surface area contributed by atoms with E-state index < -0.39 is 5.60 Å². The number of nitrogens with one attached hydrogen (secondary N) is 1. The topological polar surface area (TPSA) is 32.3 Å². The molecular formula is C17H33NO. The zero-order valence-electron chi connectivity index (χ0n) is 13.1. The highest BCUT2D eigenvalue weighted by Crippen LogP contribution is 2.44. The first-order valence-corrected chi connectivity index (χ1v) is 8.41. The fraction of sp³-hybridized carbons (Fsp3) is 1.00. The van der Waals surface area contributed by atoms with Crippen molar-refractivity contribution in [2.24, 2.45) is 17.8 Å². The number of hydrogen-bond donors (Lipinski definition) is 2. The van der Waals surface area contributed by atoms with E-state index in [0.717, 1.165) is 36.6 Å². The minimum Gasteiger partial charge on any atom is -0.390 e. The molecule has 0 aromatic heterocycles. The first-order chi connectivity index (χ1) is 8.96. The Hall–Kier alpha value is -0.0800. The molecule has 0 aromatic carbocycles. The lowest BCUT2D eigenvalue weighted by atomic mass is 9.95. The lowest BCUT2D eigenvalue weighted by Crippen LogP contribution is -2.34. The average molecular weight is 267 g/mol. The lowest BCUT2D eigenvalue weighted by molar-refractivity contribution is 0.0669. The lowest BCUT2D eigenvalue weighted by Gasteiger charge is -2.20. The first kappa shape index (κ1) is 15.3. The molecule has 2 heteroatoms. The van der Waals surface area contributed by atoms with Crippen molar-refractivity contribution in [3.8, 4) is 0 Å². The normalized spacial score (nSPS) is 21.9. The molecule has 2 saturated carbocycles. The summed E-state index contributed by atoms with van der Waals surface area (Å²) in [5.41, 5.74) is -0.485. The maximum Gasteiger partial charge on any atom is 0.0591 e. The van der Waals surface area contributed by atoms with Crippen LogP contribution in [0.25, 0.3) is 0 Å². The van der Waals surface area contributed by atoms with Crippen LogP contribution in [0.4, 0.5) is 0 Å². The second-order valence-electron chi connectivity index (χ2n) is 7.75. The van der Waals surface area contributed by atoms with Crippen LogP contribution in [0.2, 0.25) is 0 Å². The average Bonchev–Trinajstić information content (AvgIpc) is 3.13. The van der Waals surface area contributed by atoms with Gasteiger partial charge in [-0.15, -0.1) is 0 Å². The zero-order valence-corrected chi connectivity index (χ0v) is 13.1. The molecule has 2 rings (SSSR count). The van der Waals surface area contributed by atoms with Crippen molar-refractivity contribution in [2.45, 2.75) is 83.8 Å². The van der Waals surface area contributed by atoms with E-state index in [9.17, 15) is 5.11 Å². The summed E-state index contributed by atoms with van der Waals surface area (Å²) in [5, 5.41) is 13.5. The molecule has 0 radical (unpaired) electrons. The van der Waals surface area contributed by atoms with Crippen LogP contribution in [0.15, 0.2) is 0 Å². The predicted octanol–water partition coefficient (Wildman–Crippen LogP) is 3.73. The van der Waals surface area contributed by atoms with Crippen molar-refractivity contribution in [1.29, 1.82) is 0 Å². The van der Waals surface area contributed by atoms with Gasteiger partial charge < -0.3 is 10.4 Å². The first-order valence-electron chi connectivity index (χ1n) is 8.41. The molecule has 112 valence electrons. The van der Waals surface area contributed by atoms with E-state index in [1.54, 1.807) is 0 Å². The molecule has 0 heterocycles. The summed E-state index contributed by atoms with van der Waals surface area (Å²) in [6.07, 6.45) is 10.5. The van der Waals surface area contributed by atoms with Gasteiger partial charge in [0.1, 0.15) is 0 Å². The maximum absolute atomic E-state index is 9.70. The van der Waals surface area contributed by atoms with E-state index in [4.69, 9.17) is 0 Å². The molecule has 2 fully saturated rings. The molecule has 0 spiro atoms. The largest absolute Gasteiger partial charge is 0.390 e. The molecule has 0 saturated heterocycles. The van der Waals surface area contributed by atoms with Crippen molar-refractivity contribution in [1.82, 2.24) is 5.32 Å². The monoisotopic (exact) mass is 267 g/mol. The van der Waals surface area contributed by atoms with Crippen LogP contribution < -0.4 is 5.32 Å². The van der Waals surface area contributed by atoms with Crippen molar-refractivity contribution < 1.29 is 5.11 Å². The Labute approximate surface area is 119 Å². The van der Waals surface area contributed by atoms with Gasteiger partial charge >= 0.3 is 0 Å². The van der Waals surface area contributed by atoms with Gasteiger partial charge in [0.15, 0.2) is 0 Å². The van der Waals surface area contributed by atoms with Gasteiger partial charge in [0.05, 0.1) is 5.60 Å². The van der Waals surface area contributed by atoms with Crippen LogP contribution >= 0.6 is 0 Å². The fourth-order valence-corrected chi connectivity index (χ4v) is 3.15. The molecule has 0 amide bonds. The summed E-state index contributed by atoms with van der Waals surface area (Å²) >= 11 is 0. The van der Waals surface area contributed by atoms with Crippen molar-refractivity contribution in [3.63, 3.8) is 0 Å². The minimum atomic E-state index is -0.485. The summed E-state index contributed by atoms with van der Waals surface area (Å²) in [6.45, 7) is 7.38. The van der Waals surface area contributed by atoms with Gasteiger partial charge in [0.2, 0.25) is 0 Å². The molecule has 2 nitrogen and oxygen atoms in total. The van der Waals surface area contributed by atoms with Gasteiger partial charge in [-0.3, -0.25) is 0 Å². The van der Waals surface area contributed by atoms with E-state index in [-0.39, 0.29) is 0 Å². The molecule has 2 aliphatic carbocycles. The van der Waals surface area contributed by atoms with Gasteiger partial charge in [-0.05, 0) is 76.7 Å². The van der Waals surface area contributed by atoms with Crippen LogP contribution in [0, 0.1) is 17.8 Å². The summed E-state index contributed by atoms with van der Waals surface area (Å²) in [7, 11) is 0. The molecule has 0 aromatic rings. The quantitative estimate of drug-likeness (QED) is 0.632. The Kier molecular flexibility index (Phi) is 5.30. The Morgan fingerprint density at radius 2 is 1.68 bits per heavy atom. The highest BCUT2D eigenvalue weighted by atomic mass is 16.3. The summed E-state index contributed by atoms with van der Waals surface area (Å²) in [5.74, 6) is 2.81. The third-order valence-corrected chi connectivity index (χ3v) is 4.76. The van der Waals surface area contributed by atoms with Crippen LogP contribution in [-0.2, 0) is 0 Å². The van der Waals surface area contributed by atoms with Crippen LogP contribution in [0.3, 0.4) is 0 Å². The second-order valence-corrected chi connectivity index (χ2v) is 7.75. The molecule has 0 bridgehead atoms. The maximum atomic E-state index is 9.70. The SMILES string of the molecule is CC(CCCC(C)(C)O)CCNC(C1CC1)C1CC1. The smallest absolute Gasteiger partial charge is 0.0591 e. The van der Waals surface area contributed by atoms with Crippen molar-refractivity contribution >= 4 is 0 Å². The number of aliphatic hydroxyl groups is 1. The summed E-state index contributed by atoms with van der Waals surface area (Å²) < 4.78 is 0. The third kappa shape index (κ3) is 6.27. The molecule has 2 aliphatic rings. The number of rotatable bonds is 10. The second kappa shape index (κ2) is 6.58. The zero-order chi connectivity index (χ0) is 13.9. The minimum absolute atomic E-state index is 0.485.